The first kappa shape index (κ1) is 10.4. The number of hydrogen-bond acceptors (Lipinski definition) is 2. The van der Waals surface area contributed by atoms with Gasteiger partial charge in [-0.15, -0.1) is 0 Å². The molecule has 0 aliphatic heterocycles. The molecule has 2 aliphatic carbocycles. The zero-order valence-corrected chi connectivity index (χ0v) is 9.10. The predicted octanol–water partition coefficient (Wildman–Crippen LogP) is 2.20. The molecule has 2 fully saturated rings. The van der Waals surface area contributed by atoms with E-state index in [0.29, 0.717) is 5.41 Å². The summed E-state index contributed by atoms with van der Waals surface area (Å²) in [4.78, 5) is 0. The van der Waals surface area contributed by atoms with Gasteiger partial charge in [0.05, 0.1) is 0 Å². The van der Waals surface area contributed by atoms with E-state index in [9.17, 15) is 0 Å². The van der Waals surface area contributed by atoms with Crippen molar-refractivity contribution >= 4 is 0 Å². The lowest BCUT2D eigenvalue weighted by atomic mass is 9.66. The monoisotopic (exact) mass is 197 g/mol. The molecular formula is C12H23NO. The molecule has 82 valence electrons. The van der Waals surface area contributed by atoms with Crippen LogP contribution in [0.3, 0.4) is 0 Å². The van der Waals surface area contributed by atoms with Gasteiger partial charge in [-0.05, 0) is 50.4 Å². The third-order valence-corrected chi connectivity index (χ3v) is 4.58. The van der Waals surface area contributed by atoms with E-state index in [0.717, 1.165) is 19.3 Å². The molecule has 0 aromatic rings. The summed E-state index contributed by atoms with van der Waals surface area (Å²) in [7, 11) is 0. The summed E-state index contributed by atoms with van der Waals surface area (Å²) in [5.74, 6) is 0. The van der Waals surface area contributed by atoms with E-state index in [4.69, 9.17) is 10.8 Å². The fourth-order valence-electron chi connectivity index (χ4n) is 3.38. The lowest BCUT2D eigenvalue weighted by Gasteiger charge is -2.43. The zero-order chi connectivity index (χ0) is 10.1. The Morgan fingerprint density at radius 1 is 0.929 bits per heavy atom. The Morgan fingerprint density at radius 3 is 2.00 bits per heavy atom. The Kier molecular flexibility index (Phi) is 2.85. The lowest BCUT2D eigenvalue weighted by Crippen LogP contribution is -2.46. The summed E-state index contributed by atoms with van der Waals surface area (Å²) in [6.07, 6.45) is 11.4. The van der Waals surface area contributed by atoms with Crippen LogP contribution in [0.5, 0.6) is 0 Å². The fourth-order valence-corrected chi connectivity index (χ4v) is 3.38. The minimum Gasteiger partial charge on any atom is -0.396 e. The first-order chi connectivity index (χ1) is 6.68. The van der Waals surface area contributed by atoms with Crippen LogP contribution in [-0.2, 0) is 0 Å². The quantitative estimate of drug-likeness (QED) is 0.713. The van der Waals surface area contributed by atoms with E-state index in [1.165, 1.54) is 38.5 Å². The van der Waals surface area contributed by atoms with Crippen molar-refractivity contribution in [2.45, 2.75) is 63.3 Å². The topological polar surface area (TPSA) is 46.2 Å². The van der Waals surface area contributed by atoms with Crippen molar-refractivity contribution < 1.29 is 5.11 Å². The molecule has 0 aromatic carbocycles. The third kappa shape index (κ3) is 1.96. The predicted molar refractivity (Wildman–Crippen MR) is 58.0 cm³/mol. The highest BCUT2D eigenvalue weighted by molar-refractivity contribution is 4.97. The highest BCUT2D eigenvalue weighted by atomic mass is 16.3. The van der Waals surface area contributed by atoms with Gasteiger partial charge in [0.1, 0.15) is 0 Å². The molecule has 2 aliphatic rings. The van der Waals surface area contributed by atoms with E-state index < -0.39 is 0 Å². The van der Waals surface area contributed by atoms with Gasteiger partial charge in [-0.25, -0.2) is 0 Å². The van der Waals surface area contributed by atoms with Crippen LogP contribution in [0.25, 0.3) is 0 Å². The van der Waals surface area contributed by atoms with Gasteiger partial charge >= 0.3 is 0 Å². The van der Waals surface area contributed by atoms with Crippen molar-refractivity contribution in [2.75, 3.05) is 6.61 Å². The fraction of sp³-hybridized carbons (Fsp3) is 1.00. The van der Waals surface area contributed by atoms with Crippen molar-refractivity contribution in [1.82, 2.24) is 0 Å². The molecule has 2 rings (SSSR count). The summed E-state index contributed by atoms with van der Waals surface area (Å²) < 4.78 is 0. The number of aliphatic hydroxyl groups excluding tert-OH is 1. The number of nitrogens with two attached hydrogens (primary N) is 1. The number of rotatable bonds is 2. The molecule has 0 heterocycles. The molecule has 0 aromatic heterocycles. The molecule has 2 saturated carbocycles. The molecular weight excluding hydrogens is 174 g/mol. The molecule has 0 amide bonds. The Labute approximate surface area is 86.9 Å². The van der Waals surface area contributed by atoms with Crippen LogP contribution in [0.2, 0.25) is 0 Å². The Hall–Kier alpha value is -0.0800. The van der Waals surface area contributed by atoms with E-state index in [-0.39, 0.29) is 12.1 Å². The normalized spacial score (nSPS) is 29.6. The summed E-state index contributed by atoms with van der Waals surface area (Å²) in [6.45, 7) is 0.253. The Balaban J connectivity index is 1.90. The molecule has 0 unspecified atom stereocenters. The van der Waals surface area contributed by atoms with Gasteiger partial charge in [0.15, 0.2) is 0 Å². The Bertz CT molecular complexity index is 186. The van der Waals surface area contributed by atoms with Gasteiger partial charge in [-0.1, -0.05) is 12.8 Å². The first-order valence-corrected chi connectivity index (χ1v) is 6.08. The van der Waals surface area contributed by atoms with Crippen LogP contribution >= 0.6 is 0 Å². The summed E-state index contributed by atoms with van der Waals surface area (Å²) >= 11 is 0. The lowest BCUT2D eigenvalue weighted by molar-refractivity contribution is 0.113. The van der Waals surface area contributed by atoms with Crippen LogP contribution in [0, 0.1) is 5.41 Å². The van der Waals surface area contributed by atoms with Gasteiger partial charge in [-0.2, -0.15) is 0 Å². The number of aliphatic hydroxyl groups is 1. The Morgan fingerprint density at radius 2 is 1.50 bits per heavy atom. The average Bonchev–Trinajstić information content (AvgIpc) is 2.61. The molecule has 2 nitrogen and oxygen atoms in total. The van der Waals surface area contributed by atoms with Gasteiger partial charge in [0, 0.05) is 12.1 Å². The average molecular weight is 197 g/mol. The maximum Gasteiger partial charge on any atom is 0.0448 e. The summed E-state index contributed by atoms with van der Waals surface area (Å²) in [5, 5.41) is 8.96. The van der Waals surface area contributed by atoms with Crippen molar-refractivity contribution in [3.63, 3.8) is 0 Å². The largest absolute Gasteiger partial charge is 0.396 e. The van der Waals surface area contributed by atoms with Gasteiger partial charge in [0.25, 0.3) is 0 Å². The minimum absolute atomic E-state index is 0.0391. The second kappa shape index (κ2) is 3.82. The maximum atomic E-state index is 8.96. The molecule has 0 radical (unpaired) electrons. The molecule has 2 heteroatoms. The summed E-state index contributed by atoms with van der Waals surface area (Å²) in [6, 6.07) is 0. The van der Waals surface area contributed by atoms with Crippen molar-refractivity contribution in [3.05, 3.63) is 0 Å². The maximum absolute atomic E-state index is 8.96. The zero-order valence-electron chi connectivity index (χ0n) is 9.10. The standard InChI is InChI=1S/C12H23NO/c13-12(9-10-14)7-5-11(6-8-12)3-1-2-4-11/h14H,1-10,13H2. The van der Waals surface area contributed by atoms with Crippen LogP contribution in [0.1, 0.15) is 57.8 Å². The number of hydrogen-bond donors (Lipinski definition) is 2. The van der Waals surface area contributed by atoms with E-state index in [1.54, 1.807) is 0 Å². The van der Waals surface area contributed by atoms with Crippen LogP contribution in [0.15, 0.2) is 0 Å². The van der Waals surface area contributed by atoms with E-state index in [2.05, 4.69) is 0 Å². The van der Waals surface area contributed by atoms with Crippen LogP contribution in [0.4, 0.5) is 0 Å². The minimum atomic E-state index is -0.0391. The molecule has 3 N–H and O–H groups in total. The van der Waals surface area contributed by atoms with Crippen molar-refractivity contribution in [3.8, 4) is 0 Å². The van der Waals surface area contributed by atoms with E-state index >= 15 is 0 Å². The van der Waals surface area contributed by atoms with Crippen LogP contribution in [-0.4, -0.2) is 17.3 Å². The second-order valence-corrected chi connectivity index (χ2v) is 5.54. The van der Waals surface area contributed by atoms with Gasteiger partial charge in [0.2, 0.25) is 0 Å². The highest BCUT2D eigenvalue weighted by Crippen LogP contribution is 2.51. The smallest absolute Gasteiger partial charge is 0.0448 e. The molecule has 1 spiro atoms. The SMILES string of the molecule is NC1(CCO)CCC2(CCCC2)CC1. The van der Waals surface area contributed by atoms with Crippen molar-refractivity contribution in [2.24, 2.45) is 11.1 Å². The molecule has 0 bridgehead atoms. The van der Waals surface area contributed by atoms with Gasteiger partial charge < -0.3 is 10.8 Å². The van der Waals surface area contributed by atoms with E-state index in [1.807, 2.05) is 0 Å². The van der Waals surface area contributed by atoms with Crippen molar-refractivity contribution in [1.29, 1.82) is 0 Å². The first-order valence-electron chi connectivity index (χ1n) is 6.08. The third-order valence-electron chi connectivity index (χ3n) is 4.58. The van der Waals surface area contributed by atoms with Gasteiger partial charge in [-0.3, -0.25) is 0 Å². The second-order valence-electron chi connectivity index (χ2n) is 5.54. The highest BCUT2D eigenvalue weighted by Gasteiger charge is 2.41. The molecule has 14 heavy (non-hydrogen) atoms. The van der Waals surface area contributed by atoms with Crippen LogP contribution < -0.4 is 5.73 Å². The summed E-state index contributed by atoms with van der Waals surface area (Å²) in [5.41, 5.74) is 6.89. The molecule has 0 saturated heterocycles. The molecule has 0 atom stereocenters.